The van der Waals surface area contributed by atoms with E-state index in [-0.39, 0.29) is 11.5 Å². The summed E-state index contributed by atoms with van der Waals surface area (Å²) < 4.78 is 4.74. The van der Waals surface area contributed by atoms with E-state index in [4.69, 9.17) is 10.00 Å². The minimum Gasteiger partial charge on any atom is -0.465 e. The van der Waals surface area contributed by atoms with Crippen molar-refractivity contribution in [3.05, 3.63) is 83.6 Å². The van der Waals surface area contributed by atoms with Gasteiger partial charge in [-0.15, -0.1) is 0 Å². The molecule has 0 radical (unpaired) electrons. The molecule has 0 heterocycles. The van der Waals surface area contributed by atoms with Gasteiger partial charge in [-0.05, 0) is 42.0 Å². The molecule has 28 heavy (non-hydrogen) atoms. The van der Waals surface area contributed by atoms with Crippen LogP contribution in [-0.4, -0.2) is 24.7 Å². The fourth-order valence-corrected chi connectivity index (χ4v) is 2.40. The van der Waals surface area contributed by atoms with E-state index in [9.17, 15) is 9.59 Å². The third-order valence-corrected chi connectivity index (χ3v) is 3.75. The molecule has 2 rings (SSSR count). The first-order valence-corrected chi connectivity index (χ1v) is 8.35. The van der Waals surface area contributed by atoms with Crippen molar-refractivity contribution in [1.29, 1.82) is 5.26 Å². The second-order valence-corrected chi connectivity index (χ2v) is 5.70. The van der Waals surface area contributed by atoms with Crippen LogP contribution in [0.3, 0.4) is 0 Å². The van der Waals surface area contributed by atoms with Crippen LogP contribution >= 0.6 is 0 Å². The maximum absolute atomic E-state index is 11.9. The third-order valence-electron chi connectivity index (χ3n) is 3.75. The monoisotopic (exact) mass is 373 g/mol. The van der Waals surface area contributed by atoms with Crippen LogP contribution < -0.4 is 5.32 Å². The first-order valence-electron chi connectivity index (χ1n) is 8.35. The van der Waals surface area contributed by atoms with Gasteiger partial charge in [0.25, 0.3) is 0 Å². The lowest BCUT2D eigenvalue weighted by molar-refractivity contribution is -0.114. The molecule has 6 nitrogen and oxygen atoms in total. The Bertz CT molecular complexity index is 997. The zero-order valence-electron chi connectivity index (χ0n) is 15.6. The van der Waals surface area contributed by atoms with Crippen molar-refractivity contribution < 1.29 is 14.3 Å². The largest absolute Gasteiger partial charge is 0.465 e. The Kier molecular flexibility index (Phi) is 7.00. The molecule has 0 fully saturated rings. The lowest BCUT2D eigenvalue weighted by atomic mass is 10.0. The van der Waals surface area contributed by atoms with E-state index < -0.39 is 5.97 Å². The molecular weight excluding hydrogens is 354 g/mol. The van der Waals surface area contributed by atoms with Gasteiger partial charge < -0.3 is 10.1 Å². The molecule has 0 spiro atoms. The predicted octanol–water partition coefficient (Wildman–Crippen LogP) is 3.95. The van der Waals surface area contributed by atoms with Crippen molar-refractivity contribution in [2.45, 2.75) is 6.92 Å². The quantitative estimate of drug-likeness (QED) is 0.613. The number of allylic oxidation sites excluding steroid dienone is 1. The van der Waals surface area contributed by atoms with E-state index in [1.54, 1.807) is 48.7 Å². The summed E-state index contributed by atoms with van der Waals surface area (Å²) in [5.74, 6) is -0.854. The van der Waals surface area contributed by atoms with Crippen LogP contribution in [0, 0.1) is 11.3 Å². The second-order valence-electron chi connectivity index (χ2n) is 5.70. The Labute approximate surface area is 163 Å². The molecule has 0 aromatic heterocycles. The van der Waals surface area contributed by atoms with Crippen LogP contribution in [0.4, 0.5) is 5.69 Å². The number of hydrogen-bond donors (Lipinski definition) is 1. The number of aliphatic imine (C=N–C) groups is 1. The van der Waals surface area contributed by atoms with Gasteiger partial charge in [0.2, 0.25) is 5.91 Å². The number of nitriles is 1. The van der Waals surface area contributed by atoms with Crippen LogP contribution in [0.25, 0.3) is 6.08 Å². The SMILES string of the molecule is C=CC(=NC=Cc1ccc(C#N)cc1)c1ccc(C(=O)OC)c(NC(C)=O)c1. The molecule has 0 aliphatic rings. The van der Waals surface area contributed by atoms with Crippen LogP contribution in [0.2, 0.25) is 0 Å². The number of anilines is 1. The first kappa shape index (κ1) is 20.3. The normalized spacial score (nSPS) is 11.0. The van der Waals surface area contributed by atoms with Gasteiger partial charge in [-0.2, -0.15) is 5.26 Å². The van der Waals surface area contributed by atoms with Crippen LogP contribution in [-0.2, 0) is 9.53 Å². The Morgan fingerprint density at radius 3 is 2.50 bits per heavy atom. The molecule has 0 saturated heterocycles. The molecule has 0 unspecified atom stereocenters. The molecule has 0 aliphatic heterocycles. The smallest absolute Gasteiger partial charge is 0.339 e. The topological polar surface area (TPSA) is 91.6 Å². The van der Waals surface area contributed by atoms with Gasteiger partial charge >= 0.3 is 5.97 Å². The number of rotatable bonds is 6. The summed E-state index contributed by atoms with van der Waals surface area (Å²) in [4.78, 5) is 27.7. The molecule has 0 aliphatic carbocycles. The summed E-state index contributed by atoms with van der Waals surface area (Å²) in [5, 5.41) is 11.5. The number of ether oxygens (including phenoxy) is 1. The highest BCUT2D eigenvalue weighted by Crippen LogP contribution is 2.20. The first-order chi connectivity index (χ1) is 13.5. The molecule has 0 bridgehead atoms. The third kappa shape index (κ3) is 5.26. The summed E-state index contributed by atoms with van der Waals surface area (Å²) >= 11 is 0. The maximum atomic E-state index is 11.9. The van der Waals surface area contributed by atoms with Gasteiger partial charge in [0.15, 0.2) is 0 Å². The fraction of sp³-hybridized carbons (Fsp3) is 0.0909. The second kappa shape index (κ2) is 9.64. The highest BCUT2D eigenvalue weighted by molar-refractivity contribution is 6.11. The lowest BCUT2D eigenvalue weighted by Gasteiger charge is -2.10. The molecule has 2 aromatic carbocycles. The molecule has 1 amide bonds. The van der Waals surface area contributed by atoms with Crippen LogP contribution in [0.1, 0.15) is 34.0 Å². The highest BCUT2D eigenvalue weighted by atomic mass is 16.5. The van der Waals surface area contributed by atoms with E-state index in [0.29, 0.717) is 22.5 Å². The summed E-state index contributed by atoms with van der Waals surface area (Å²) in [6.07, 6.45) is 4.99. The van der Waals surface area contributed by atoms with Crippen molar-refractivity contribution in [2.24, 2.45) is 4.99 Å². The van der Waals surface area contributed by atoms with E-state index in [1.165, 1.54) is 14.0 Å². The molecular formula is C22H19N3O3. The average molecular weight is 373 g/mol. The van der Waals surface area contributed by atoms with E-state index >= 15 is 0 Å². The van der Waals surface area contributed by atoms with Crippen molar-refractivity contribution in [3.63, 3.8) is 0 Å². The van der Waals surface area contributed by atoms with E-state index in [2.05, 4.69) is 23.0 Å². The van der Waals surface area contributed by atoms with Crippen LogP contribution in [0.15, 0.2) is 66.3 Å². The maximum Gasteiger partial charge on any atom is 0.339 e. The highest BCUT2D eigenvalue weighted by Gasteiger charge is 2.14. The molecule has 0 saturated carbocycles. The van der Waals surface area contributed by atoms with Crippen LogP contribution in [0.5, 0.6) is 0 Å². The molecule has 2 aromatic rings. The summed E-state index contributed by atoms with van der Waals surface area (Å²) in [6.45, 7) is 5.13. The zero-order valence-corrected chi connectivity index (χ0v) is 15.6. The molecule has 6 heteroatoms. The number of carbonyl (C=O) groups is 2. The molecule has 0 atom stereocenters. The molecule has 140 valence electrons. The fourth-order valence-electron chi connectivity index (χ4n) is 2.40. The summed E-state index contributed by atoms with van der Waals surface area (Å²) in [5.41, 5.74) is 3.30. The van der Waals surface area contributed by atoms with Crippen molar-refractivity contribution in [2.75, 3.05) is 12.4 Å². The Morgan fingerprint density at radius 2 is 1.93 bits per heavy atom. The Hall–Kier alpha value is -3.98. The minimum absolute atomic E-state index is 0.248. The summed E-state index contributed by atoms with van der Waals surface area (Å²) in [7, 11) is 1.28. The standard InChI is InChI=1S/C22H19N3O3/c1-4-20(24-12-11-16-5-7-17(14-23)8-6-16)18-9-10-19(22(27)28-3)21(13-18)25-15(2)26/h4-13H,1H2,2-3H3,(H,25,26). The number of carbonyl (C=O) groups excluding carboxylic acids is 2. The number of nitrogens with zero attached hydrogens (tertiary/aromatic N) is 2. The number of esters is 1. The Balaban J connectivity index is 2.33. The lowest BCUT2D eigenvalue weighted by Crippen LogP contribution is -2.13. The van der Waals surface area contributed by atoms with Gasteiger partial charge in [0.05, 0.1) is 35.7 Å². The number of amides is 1. The van der Waals surface area contributed by atoms with E-state index in [0.717, 1.165) is 5.56 Å². The van der Waals surface area contributed by atoms with Gasteiger partial charge in [-0.3, -0.25) is 9.79 Å². The number of benzene rings is 2. The minimum atomic E-state index is -0.548. The number of nitrogens with one attached hydrogen (secondary N) is 1. The van der Waals surface area contributed by atoms with Gasteiger partial charge in [0, 0.05) is 18.7 Å². The van der Waals surface area contributed by atoms with Gasteiger partial charge in [-0.25, -0.2) is 4.79 Å². The van der Waals surface area contributed by atoms with Gasteiger partial charge in [-0.1, -0.05) is 24.8 Å². The van der Waals surface area contributed by atoms with Crippen molar-refractivity contribution >= 4 is 29.4 Å². The zero-order chi connectivity index (χ0) is 20.5. The van der Waals surface area contributed by atoms with Crippen molar-refractivity contribution in [1.82, 2.24) is 0 Å². The Morgan fingerprint density at radius 1 is 1.21 bits per heavy atom. The average Bonchev–Trinajstić information content (AvgIpc) is 2.70. The number of methoxy groups -OCH3 is 1. The van der Waals surface area contributed by atoms with Gasteiger partial charge in [0.1, 0.15) is 0 Å². The summed E-state index contributed by atoms with van der Waals surface area (Å²) in [6, 6.07) is 14.1. The molecule has 1 N–H and O–H groups in total. The van der Waals surface area contributed by atoms with Crippen molar-refractivity contribution in [3.8, 4) is 6.07 Å². The predicted molar refractivity (Wildman–Crippen MR) is 109 cm³/mol. The van der Waals surface area contributed by atoms with E-state index in [1.807, 2.05) is 12.1 Å². The number of hydrogen-bond acceptors (Lipinski definition) is 5.